The molecule has 0 aliphatic heterocycles. The van der Waals surface area contributed by atoms with E-state index in [4.69, 9.17) is 0 Å². The average Bonchev–Trinajstić information content (AvgIpc) is 3.00. The number of alkyl halides is 3. The number of aromatic nitrogens is 2. The number of benzene rings is 1. The molecule has 0 bridgehead atoms. The van der Waals surface area contributed by atoms with Crippen LogP contribution in [-0.2, 0) is 17.5 Å². The minimum absolute atomic E-state index is 0.243. The summed E-state index contributed by atoms with van der Waals surface area (Å²) in [6.45, 7) is 5.58. The molecule has 0 aliphatic carbocycles. The number of anilines is 1. The standard InChI is InChI=1S/C17H21F3N4O/c1-3-23(14-6-4-5-13(2)11-14)10-8-21-16(25)12-24-9-7-15(22-24)17(18,19)20/h4-7,9,11H,3,8,10,12H2,1-2H3,(H,21,25). The smallest absolute Gasteiger partial charge is 0.370 e. The molecule has 0 saturated heterocycles. The highest BCUT2D eigenvalue weighted by Gasteiger charge is 2.33. The Bertz CT molecular complexity index is 712. The van der Waals surface area contributed by atoms with Crippen molar-refractivity contribution in [3.63, 3.8) is 0 Å². The van der Waals surface area contributed by atoms with Crippen molar-refractivity contribution in [2.45, 2.75) is 26.6 Å². The predicted octanol–water partition coefficient (Wildman–Crippen LogP) is 2.85. The van der Waals surface area contributed by atoms with Gasteiger partial charge in [-0.2, -0.15) is 18.3 Å². The zero-order valence-corrected chi connectivity index (χ0v) is 14.2. The van der Waals surface area contributed by atoms with Gasteiger partial charge in [-0.05, 0) is 37.6 Å². The molecule has 0 unspecified atom stereocenters. The fourth-order valence-corrected chi connectivity index (χ4v) is 2.43. The summed E-state index contributed by atoms with van der Waals surface area (Å²) in [5.41, 5.74) is 1.22. The van der Waals surface area contributed by atoms with Gasteiger partial charge in [0.05, 0.1) is 0 Å². The molecule has 0 fully saturated rings. The van der Waals surface area contributed by atoms with Crippen LogP contribution >= 0.6 is 0 Å². The molecule has 1 N–H and O–H groups in total. The van der Waals surface area contributed by atoms with E-state index < -0.39 is 11.9 Å². The molecule has 0 saturated carbocycles. The van der Waals surface area contributed by atoms with Crippen LogP contribution in [0.1, 0.15) is 18.2 Å². The van der Waals surface area contributed by atoms with Gasteiger partial charge in [0.15, 0.2) is 5.69 Å². The van der Waals surface area contributed by atoms with Gasteiger partial charge in [0.2, 0.25) is 5.91 Å². The minimum Gasteiger partial charge on any atom is -0.370 e. The Morgan fingerprint density at radius 2 is 2.08 bits per heavy atom. The number of nitrogens with one attached hydrogen (secondary N) is 1. The molecule has 1 amide bonds. The third kappa shape index (κ3) is 5.51. The molecule has 2 aromatic rings. The van der Waals surface area contributed by atoms with Crippen molar-refractivity contribution in [2.24, 2.45) is 0 Å². The lowest BCUT2D eigenvalue weighted by Crippen LogP contribution is -2.36. The second kappa shape index (κ2) is 8.04. The zero-order chi connectivity index (χ0) is 18.4. The van der Waals surface area contributed by atoms with Gasteiger partial charge in [0.25, 0.3) is 0 Å². The van der Waals surface area contributed by atoms with Crippen LogP contribution in [0.3, 0.4) is 0 Å². The van der Waals surface area contributed by atoms with Crippen LogP contribution in [0.25, 0.3) is 0 Å². The Hall–Kier alpha value is -2.51. The Labute approximate surface area is 144 Å². The average molecular weight is 354 g/mol. The number of rotatable bonds is 7. The first-order valence-electron chi connectivity index (χ1n) is 7.98. The lowest BCUT2D eigenvalue weighted by Gasteiger charge is -2.23. The van der Waals surface area contributed by atoms with Crippen LogP contribution in [-0.4, -0.2) is 35.3 Å². The van der Waals surface area contributed by atoms with Crippen molar-refractivity contribution in [2.75, 3.05) is 24.5 Å². The monoisotopic (exact) mass is 354 g/mol. The molecule has 5 nitrogen and oxygen atoms in total. The summed E-state index contributed by atoms with van der Waals surface area (Å²) in [7, 11) is 0. The number of halogens is 3. The molecule has 8 heteroatoms. The van der Waals surface area contributed by atoms with Gasteiger partial charge in [-0.1, -0.05) is 12.1 Å². The highest BCUT2D eigenvalue weighted by molar-refractivity contribution is 5.75. The van der Waals surface area contributed by atoms with Gasteiger partial charge < -0.3 is 10.2 Å². The van der Waals surface area contributed by atoms with Crippen molar-refractivity contribution < 1.29 is 18.0 Å². The quantitative estimate of drug-likeness (QED) is 0.832. The van der Waals surface area contributed by atoms with Crippen molar-refractivity contribution >= 4 is 11.6 Å². The largest absolute Gasteiger partial charge is 0.435 e. The molecule has 25 heavy (non-hydrogen) atoms. The molecule has 0 spiro atoms. The lowest BCUT2D eigenvalue weighted by molar-refractivity contribution is -0.141. The number of nitrogens with zero attached hydrogens (tertiary/aromatic N) is 3. The van der Waals surface area contributed by atoms with E-state index in [1.54, 1.807) is 0 Å². The van der Waals surface area contributed by atoms with Crippen LogP contribution < -0.4 is 10.2 Å². The van der Waals surface area contributed by atoms with E-state index in [1.165, 1.54) is 0 Å². The van der Waals surface area contributed by atoms with E-state index in [-0.39, 0.29) is 12.5 Å². The summed E-state index contributed by atoms with van der Waals surface area (Å²) in [5, 5.41) is 6.06. The van der Waals surface area contributed by atoms with E-state index in [9.17, 15) is 18.0 Å². The maximum absolute atomic E-state index is 12.5. The van der Waals surface area contributed by atoms with E-state index in [0.717, 1.165) is 34.7 Å². The van der Waals surface area contributed by atoms with Crippen LogP contribution in [0, 0.1) is 6.92 Å². The molecule has 1 aromatic heterocycles. The first kappa shape index (κ1) is 18.8. The maximum atomic E-state index is 12.5. The third-order valence-electron chi connectivity index (χ3n) is 3.69. The molecule has 1 aromatic carbocycles. The molecule has 136 valence electrons. The number of carbonyl (C=O) groups excluding carboxylic acids is 1. The highest BCUT2D eigenvalue weighted by atomic mass is 19.4. The molecular weight excluding hydrogens is 333 g/mol. The Kier molecular flexibility index (Phi) is 6.06. The Balaban J connectivity index is 1.82. The topological polar surface area (TPSA) is 50.2 Å². The van der Waals surface area contributed by atoms with Crippen LogP contribution in [0.5, 0.6) is 0 Å². The van der Waals surface area contributed by atoms with Crippen LogP contribution in [0.15, 0.2) is 36.5 Å². The SMILES string of the molecule is CCN(CCNC(=O)Cn1ccc(C(F)(F)F)n1)c1cccc(C)c1. The Morgan fingerprint density at radius 1 is 1.32 bits per heavy atom. The van der Waals surface area contributed by atoms with E-state index in [1.807, 2.05) is 32.0 Å². The lowest BCUT2D eigenvalue weighted by atomic mass is 10.2. The zero-order valence-electron chi connectivity index (χ0n) is 14.2. The number of aryl methyl sites for hydroxylation is 1. The third-order valence-corrected chi connectivity index (χ3v) is 3.69. The second-order valence-electron chi connectivity index (χ2n) is 5.66. The van der Waals surface area contributed by atoms with Crippen LogP contribution in [0.2, 0.25) is 0 Å². The second-order valence-corrected chi connectivity index (χ2v) is 5.66. The summed E-state index contributed by atoms with van der Waals surface area (Å²) < 4.78 is 38.4. The number of likely N-dealkylation sites (N-methyl/N-ethyl adjacent to an activating group) is 1. The normalized spacial score (nSPS) is 11.4. The molecule has 0 atom stereocenters. The van der Waals surface area contributed by atoms with Crippen molar-refractivity contribution in [3.05, 3.63) is 47.8 Å². The van der Waals surface area contributed by atoms with Gasteiger partial charge in [-0.15, -0.1) is 0 Å². The first-order valence-corrected chi connectivity index (χ1v) is 7.98. The predicted molar refractivity (Wildman–Crippen MR) is 89.3 cm³/mol. The van der Waals surface area contributed by atoms with Crippen molar-refractivity contribution in [1.82, 2.24) is 15.1 Å². The van der Waals surface area contributed by atoms with Crippen molar-refractivity contribution in [1.29, 1.82) is 0 Å². The molecule has 2 rings (SSSR count). The maximum Gasteiger partial charge on any atom is 0.435 e. The fraction of sp³-hybridized carbons (Fsp3) is 0.412. The Morgan fingerprint density at radius 3 is 2.68 bits per heavy atom. The number of amides is 1. The number of hydrogen-bond donors (Lipinski definition) is 1. The van der Waals surface area contributed by atoms with Crippen molar-refractivity contribution in [3.8, 4) is 0 Å². The number of carbonyl (C=O) groups is 1. The van der Waals surface area contributed by atoms with E-state index in [2.05, 4.69) is 21.4 Å². The van der Waals surface area contributed by atoms with Gasteiger partial charge in [-0.25, -0.2) is 0 Å². The number of hydrogen-bond acceptors (Lipinski definition) is 3. The molecule has 0 radical (unpaired) electrons. The summed E-state index contributed by atoms with van der Waals surface area (Å²) >= 11 is 0. The molecular formula is C17H21F3N4O. The highest BCUT2D eigenvalue weighted by Crippen LogP contribution is 2.27. The molecule has 1 heterocycles. The summed E-state index contributed by atoms with van der Waals surface area (Å²) in [6.07, 6.45) is -3.36. The summed E-state index contributed by atoms with van der Waals surface area (Å²) in [6, 6.07) is 8.90. The van der Waals surface area contributed by atoms with Crippen LogP contribution in [0.4, 0.5) is 18.9 Å². The molecule has 0 aliphatic rings. The van der Waals surface area contributed by atoms with E-state index >= 15 is 0 Å². The van der Waals surface area contributed by atoms with Gasteiger partial charge in [0.1, 0.15) is 6.54 Å². The fourth-order valence-electron chi connectivity index (χ4n) is 2.43. The summed E-state index contributed by atoms with van der Waals surface area (Å²) in [4.78, 5) is 14.0. The minimum atomic E-state index is -4.50. The van der Waals surface area contributed by atoms with Gasteiger partial charge in [0, 0.05) is 31.5 Å². The first-order chi connectivity index (χ1) is 11.8. The van der Waals surface area contributed by atoms with Gasteiger partial charge >= 0.3 is 6.18 Å². The van der Waals surface area contributed by atoms with Gasteiger partial charge in [-0.3, -0.25) is 9.48 Å². The summed E-state index contributed by atoms with van der Waals surface area (Å²) in [5.74, 6) is -0.378. The van der Waals surface area contributed by atoms with E-state index in [0.29, 0.717) is 13.1 Å².